The summed E-state index contributed by atoms with van der Waals surface area (Å²) in [6.45, 7) is 8.08. The highest BCUT2D eigenvalue weighted by molar-refractivity contribution is 5.88. The minimum Gasteiger partial charge on any atom is -0.367 e. The van der Waals surface area contributed by atoms with Crippen molar-refractivity contribution in [3.8, 4) is 11.3 Å². The van der Waals surface area contributed by atoms with Crippen LogP contribution in [0.2, 0.25) is 0 Å². The van der Waals surface area contributed by atoms with E-state index >= 15 is 4.39 Å². The number of fused-ring (bicyclic) bond motifs is 2. The van der Waals surface area contributed by atoms with Crippen LogP contribution in [-0.4, -0.2) is 48.9 Å². The molecule has 2 aliphatic carbocycles. The summed E-state index contributed by atoms with van der Waals surface area (Å²) < 4.78 is 53.7. The highest BCUT2D eigenvalue weighted by Crippen LogP contribution is 2.48. The molecule has 7 rings (SSSR count). The van der Waals surface area contributed by atoms with Crippen LogP contribution in [0.3, 0.4) is 0 Å². The van der Waals surface area contributed by atoms with Crippen LogP contribution in [0.1, 0.15) is 66.9 Å². The Bertz CT molecular complexity index is 1650. The molecule has 1 aromatic carbocycles. The Morgan fingerprint density at radius 1 is 1.00 bits per heavy atom. The fraction of sp³-hybridized carbons (Fsp3) is 0.483. The molecular weight excluding hydrogens is 519 g/mol. The predicted molar refractivity (Wildman–Crippen MR) is 143 cm³/mol. The standard InChI is InChI=1S/C29H30F3N7O/c1-14-9-21-22(29(14,31)32)8-7-20(24(21)30)25-26-27(35-17(4)16(3)34-26)37-28(36-25)38-11-15(2)40-23(13-38)18-10-33-39(12-18)19-5-6-19/h7-8,10,12,14-15,19,23H,5-6,9,11,13H2,1-4H3/t14?,15-,23-/m1/s1. The molecule has 4 heterocycles. The van der Waals surface area contributed by atoms with E-state index in [9.17, 15) is 8.78 Å². The van der Waals surface area contributed by atoms with Crippen LogP contribution in [0.25, 0.3) is 22.4 Å². The Balaban J connectivity index is 1.33. The van der Waals surface area contributed by atoms with Gasteiger partial charge in [0.05, 0.1) is 36.3 Å². The quantitative estimate of drug-likeness (QED) is 0.327. The summed E-state index contributed by atoms with van der Waals surface area (Å²) in [7, 11) is 0. The lowest BCUT2D eigenvalue weighted by Gasteiger charge is -2.36. The van der Waals surface area contributed by atoms with Crippen LogP contribution in [0.4, 0.5) is 19.1 Å². The third kappa shape index (κ3) is 4.05. The Morgan fingerprint density at radius 2 is 1.77 bits per heavy atom. The summed E-state index contributed by atoms with van der Waals surface area (Å²) in [6, 6.07) is 3.18. The summed E-state index contributed by atoms with van der Waals surface area (Å²) in [4.78, 5) is 20.9. The predicted octanol–water partition coefficient (Wildman–Crippen LogP) is 5.62. The van der Waals surface area contributed by atoms with E-state index in [1.807, 2.05) is 42.7 Å². The molecule has 40 heavy (non-hydrogen) atoms. The van der Waals surface area contributed by atoms with E-state index in [1.165, 1.54) is 19.1 Å². The molecule has 208 valence electrons. The van der Waals surface area contributed by atoms with Crippen LogP contribution in [-0.2, 0) is 17.1 Å². The Hall–Kier alpha value is -3.60. The molecule has 0 N–H and O–H groups in total. The molecule has 0 bridgehead atoms. The molecule has 8 nitrogen and oxygen atoms in total. The molecule has 0 radical (unpaired) electrons. The summed E-state index contributed by atoms with van der Waals surface area (Å²) in [5, 5.41) is 4.52. The van der Waals surface area contributed by atoms with Crippen LogP contribution < -0.4 is 4.90 Å². The van der Waals surface area contributed by atoms with Crippen LogP contribution in [0, 0.1) is 25.6 Å². The SMILES string of the molecule is Cc1nc2nc(N3C[C@@H](C)O[C@@H](c4cnn(C5CC5)c4)C3)nc(-c3ccc4c(c3F)CC(C)C4(F)F)c2nc1C. The first-order chi connectivity index (χ1) is 19.1. The third-order valence-corrected chi connectivity index (χ3v) is 8.37. The number of morpholine rings is 1. The topological polar surface area (TPSA) is 81.9 Å². The van der Waals surface area contributed by atoms with Gasteiger partial charge in [-0.2, -0.15) is 10.1 Å². The first-order valence-electron chi connectivity index (χ1n) is 13.8. The van der Waals surface area contributed by atoms with Crippen LogP contribution >= 0.6 is 0 Å². The van der Waals surface area contributed by atoms with Crippen molar-refractivity contribution in [2.75, 3.05) is 18.0 Å². The van der Waals surface area contributed by atoms with Gasteiger partial charge in [-0.25, -0.2) is 28.1 Å². The molecule has 4 aromatic rings. The molecule has 1 saturated heterocycles. The Kier molecular flexibility index (Phi) is 5.68. The molecule has 0 spiro atoms. The molecule has 1 saturated carbocycles. The van der Waals surface area contributed by atoms with Crippen molar-refractivity contribution >= 4 is 17.1 Å². The summed E-state index contributed by atoms with van der Waals surface area (Å²) in [5.41, 5.74) is 3.17. The summed E-state index contributed by atoms with van der Waals surface area (Å²) >= 11 is 0. The van der Waals surface area contributed by atoms with E-state index in [0.29, 0.717) is 47.6 Å². The molecule has 3 aliphatic rings. The highest BCUT2D eigenvalue weighted by atomic mass is 19.3. The van der Waals surface area contributed by atoms with Crippen LogP contribution in [0.15, 0.2) is 24.5 Å². The van der Waals surface area contributed by atoms with E-state index in [-0.39, 0.29) is 41.0 Å². The van der Waals surface area contributed by atoms with Crippen molar-refractivity contribution in [3.05, 3.63) is 58.4 Å². The number of ether oxygens (including phenoxy) is 1. The van der Waals surface area contributed by atoms with E-state index in [1.54, 1.807) is 0 Å². The Morgan fingerprint density at radius 3 is 2.55 bits per heavy atom. The minimum atomic E-state index is -3.08. The molecule has 0 amide bonds. The number of hydrogen-bond acceptors (Lipinski definition) is 7. The van der Waals surface area contributed by atoms with E-state index < -0.39 is 17.7 Å². The van der Waals surface area contributed by atoms with E-state index in [4.69, 9.17) is 14.7 Å². The fourth-order valence-electron chi connectivity index (χ4n) is 5.80. The maximum Gasteiger partial charge on any atom is 0.276 e. The van der Waals surface area contributed by atoms with Gasteiger partial charge in [-0.15, -0.1) is 0 Å². The third-order valence-electron chi connectivity index (χ3n) is 8.37. The second-order valence-electron chi connectivity index (χ2n) is 11.4. The van der Waals surface area contributed by atoms with Gasteiger partial charge in [0.2, 0.25) is 5.95 Å². The first kappa shape index (κ1) is 25.4. The van der Waals surface area contributed by atoms with Crippen molar-refractivity contribution in [2.24, 2.45) is 5.92 Å². The zero-order valence-electron chi connectivity index (χ0n) is 22.8. The van der Waals surface area contributed by atoms with Crippen molar-refractivity contribution in [2.45, 2.75) is 71.1 Å². The molecule has 3 atom stereocenters. The largest absolute Gasteiger partial charge is 0.367 e. The van der Waals surface area contributed by atoms with Crippen LogP contribution in [0.5, 0.6) is 0 Å². The highest BCUT2D eigenvalue weighted by Gasteiger charge is 2.47. The van der Waals surface area contributed by atoms with Gasteiger partial charge in [0.1, 0.15) is 23.1 Å². The summed E-state index contributed by atoms with van der Waals surface area (Å²) in [5.74, 6) is -4.37. The first-order valence-corrected chi connectivity index (χ1v) is 13.8. The normalized spacial score (nSPS) is 24.1. The fourth-order valence-corrected chi connectivity index (χ4v) is 5.80. The number of nitrogens with zero attached hydrogens (tertiary/aromatic N) is 7. The van der Waals surface area contributed by atoms with Crippen molar-refractivity contribution in [1.82, 2.24) is 29.7 Å². The van der Waals surface area contributed by atoms with Gasteiger partial charge in [0.15, 0.2) is 5.65 Å². The second-order valence-corrected chi connectivity index (χ2v) is 11.4. The smallest absolute Gasteiger partial charge is 0.276 e. The monoisotopic (exact) mass is 549 g/mol. The number of rotatable bonds is 4. The summed E-state index contributed by atoms with van der Waals surface area (Å²) in [6.07, 6.45) is 5.75. The molecule has 1 unspecified atom stereocenters. The van der Waals surface area contributed by atoms with Gasteiger partial charge in [0, 0.05) is 35.3 Å². The van der Waals surface area contributed by atoms with E-state index in [0.717, 1.165) is 18.4 Å². The molecule has 3 aromatic heterocycles. The maximum atomic E-state index is 16.0. The number of aromatic nitrogens is 6. The van der Waals surface area contributed by atoms with Gasteiger partial charge in [-0.05, 0) is 51.7 Å². The van der Waals surface area contributed by atoms with Gasteiger partial charge in [0.25, 0.3) is 5.92 Å². The number of alkyl halides is 2. The Labute approximate surface area is 229 Å². The minimum absolute atomic E-state index is 0.0350. The van der Waals surface area contributed by atoms with Gasteiger partial charge >= 0.3 is 0 Å². The van der Waals surface area contributed by atoms with Crippen molar-refractivity contribution in [1.29, 1.82) is 0 Å². The van der Waals surface area contributed by atoms with Crippen molar-refractivity contribution in [3.63, 3.8) is 0 Å². The molecule has 1 aliphatic heterocycles. The number of hydrogen-bond donors (Lipinski definition) is 0. The van der Waals surface area contributed by atoms with Crippen molar-refractivity contribution < 1.29 is 17.9 Å². The lowest BCUT2D eigenvalue weighted by molar-refractivity contribution is -0.0450. The molecular formula is C29H30F3N7O. The molecule has 11 heteroatoms. The maximum absolute atomic E-state index is 16.0. The van der Waals surface area contributed by atoms with Gasteiger partial charge < -0.3 is 9.64 Å². The van der Waals surface area contributed by atoms with Gasteiger partial charge in [-0.1, -0.05) is 13.0 Å². The number of halogens is 3. The second kappa shape index (κ2) is 8.95. The number of aryl methyl sites for hydroxylation is 2. The van der Waals surface area contributed by atoms with E-state index in [2.05, 4.69) is 15.1 Å². The lowest BCUT2D eigenvalue weighted by Crippen LogP contribution is -2.43. The average molecular weight is 550 g/mol. The average Bonchev–Trinajstić information content (AvgIpc) is 3.59. The molecule has 2 fully saturated rings. The number of anilines is 1. The zero-order chi connectivity index (χ0) is 27.9. The number of benzene rings is 1. The zero-order valence-corrected chi connectivity index (χ0v) is 22.8. The lowest BCUT2D eigenvalue weighted by atomic mass is 10.0. The van der Waals surface area contributed by atoms with Gasteiger partial charge in [-0.3, -0.25) is 4.68 Å².